The van der Waals surface area contributed by atoms with Crippen molar-refractivity contribution in [3.05, 3.63) is 29.3 Å². The van der Waals surface area contributed by atoms with Crippen molar-refractivity contribution in [3.8, 4) is 5.75 Å². The van der Waals surface area contributed by atoms with Crippen molar-refractivity contribution in [2.45, 2.75) is 58.7 Å². The fraction of sp³-hybridized carbons (Fsp3) is 0.526. The summed E-state index contributed by atoms with van der Waals surface area (Å²) >= 11 is 5.76. The van der Waals surface area contributed by atoms with E-state index in [1.54, 1.807) is 24.3 Å². The molecule has 0 saturated heterocycles. The summed E-state index contributed by atoms with van der Waals surface area (Å²) in [6.45, 7) is 3.99. The second kappa shape index (κ2) is 15.6. The quantitative estimate of drug-likeness (QED) is 0.190. The van der Waals surface area contributed by atoms with Crippen molar-refractivity contribution in [2.75, 3.05) is 6.54 Å². The van der Waals surface area contributed by atoms with E-state index in [-0.39, 0.29) is 50.4 Å². The number of alkyl carbamates (subject to hydrolysis) is 1. The topological polar surface area (TPSA) is 90.9 Å². The molecule has 0 radical (unpaired) electrons. The van der Waals surface area contributed by atoms with Gasteiger partial charge in [0.1, 0.15) is 5.75 Å². The molecule has 0 aliphatic carbocycles. The number of ether oxygens (including phenoxy) is 3. The summed E-state index contributed by atoms with van der Waals surface area (Å²) in [7, 11) is 0. The molecular weight excluding hydrogens is 397 g/mol. The first-order valence-corrected chi connectivity index (χ1v) is 9.42. The maximum absolute atomic E-state index is 11.8. The largest absolute Gasteiger partial charge is 1.00 e. The molecule has 0 aliphatic heterocycles. The molecule has 0 fully saturated rings. The van der Waals surface area contributed by atoms with Crippen LogP contribution in [0.25, 0.3) is 0 Å². The standard InChI is InChI=1S/C19H26ClNO6.Na.H/c1-3-6-16(22)26-18(7-4-2)27-19(24)21-13-5-8-17(23)25-15-11-9-14(20)10-12-15;;/h9-12,18H,3-8,13H2,1-2H3,(H,21,24);;/q;+1;-1/t18-;;/m0../s1. The number of rotatable bonds is 11. The summed E-state index contributed by atoms with van der Waals surface area (Å²) in [6, 6.07) is 6.46. The van der Waals surface area contributed by atoms with Crippen LogP contribution in [0, 0.1) is 0 Å². The molecular formula is C19H27ClNNaO6. The second-order valence-corrected chi connectivity index (χ2v) is 6.26. The average Bonchev–Trinajstić information content (AvgIpc) is 2.61. The number of esters is 2. The minimum atomic E-state index is -0.899. The average molecular weight is 424 g/mol. The zero-order valence-corrected chi connectivity index (χ0v) is 19.4. The molecule has 7 nitrogen and oxygen atoms in total. The Labute approximate surface area is 194 Å². The van der Waals surface area contributed by atoms with Crippen molar-refractivity contribution in [3.63, 3.8) is 0 Å². The molecule has 1 amide bonds. The van der Waals surface area contributed by atoms with E-state index < -0.39 is 24.3 Å². The van der Waals surface area contributed by atoms with Crippen LogP contribution in [0.2, 0.25) is 5.02 Å². The molecule has 1 atom stereocenters. The van der Waals surface area contributed by atoms with Gasteiger partial charge in [-0.15, -0.1) is 0 Å². The minimum Gasteiger partial charge on any atom is -1.00 e. The number of carbonyl (C=O) groups excluding carboxylic acids is 3. The summed E-state index contributed by atoms with van der Waals surface area (Å²) < 4.78 is 15.4. The number of hydrogen-bond donors (Lipinski definition) is 1. The predicted octanol–water partition coefficient (Wildman–Crippen LogP) is 1.34. The smallest absolute Gasteiger partial charge is 1.00 e. The molecule has 1 N–H and O–H groups in total. The van der Waals surface area contributed by atoms with E-state index in [4.69, 9.17) is 25.8 Å². The van der Waals surface area contributed by atoms with Crippen molar-refractivity contribution < 1.29 is 59.6 Å². The van der Waals surface area contributed by atoms with Gasteiger partial charge in [-0.3, -0.25) is 9.59 Å². The van der Waals surface area contributed by atoms with Crippen LogP contribution in [0.1, 0.15) is 53.8 Å². The van der Waals surface area contributed by atoms with Crippen LogP contribution in [-0.2, 0) is 19.1 Å². The number of nitrogens with one attached hydrogen (secondary N) is 1. The van der Waals surface area contributed by atoms with E-state index in [9.17, 15) is 14.4 Å². The Kier molecular flexibility index (Phi) is 14.9. The molecule has 0 spiro atoms. The Bertz CT molecular complexity index is 617. The van der Waals surface area contributed by atoms with Crippen molar-refractivity contribution >= 4 is 29.6 Å². The molecule has 0 aliphatic rings. The van der Waals surface area contributed by atoms with Gasteiger partial charge in [0.2, 0.25) is 6.29 Å². The van der Waals surface area contributed by atoms with Gasteiger partial charge in [-0.1, -0.05) is 25.4 Å². The number of benzene rings is 1. The van der Waals surface area contributed by atoms with Gasteiger partial charge in [0.15, 0.2) is 0 Å². The molecule has 0 saturated carbocycles. The Morgan fingerprint density at radius 3 is 2.32 bits per heavy atom. The molecule has 9 heteroatoms. The molecule has 28 heavy (non-hydrogen) atoms. The van der Waals surface area contributed by atoms with Crippen LogP contribution in [0.3, 0.4) is 0 Å². The molecule has 0 heterocycles. The molecule has 1 rings (SSSR count). The molecule has 0 unspecified atom stereocenters. The van der Waals surface area contributed by atoms with Crippen LogP contribution in [0.5, 0.6) is 5.75 Å². The van der Waals surface area contributed by atoms with Gasteiger partial charge in [0.25, 0.3) is 0 Å². The van der Waals surface area contributed by atoms with E-state index >= 15 is 0 Å². The maximum atomic E-state index is 11.8. The molecule has 152 valence electrons. The summed E-state index contributed by atoms with van der Waals surface area (Å²) in [5.74, 6) is -0.397. The molecule has 1 aromatic rings. The molecule has 1 aromatic carbocycles. The van der Waals surface area contributed by atoms with Crippen LogP contribution in [-0.4, -0.2) is 30.9 Å². The normalized spacial score (nSPS) is 11.0. The fourth-order valence-electron chi connectivity index (χ4n) is 2.06. The third-order valence-electron chi connectivity index (χ3n) is 3.35. The van der Waals surface area contributed by atoms with E-state index in [1.807, 2.05) is 13.8 Å². The Hall–Kier alpha value is -1.28. The molecule has 0 aromatic heterocycles. The summed E-state index contributed by atoms with van der Waals surface area (Å²) in [5, 5.41) is 3.08. The Morgan fingerprint density at radius 2 is 1.71 bits per heavy atom. The zero-order valence-electron chi connectivity index (χ0n) is 17.7. The zero-order chi connectivity index (χ0) is 20.1. The number of halogens is 1. The second-order valence-electron chi connectivity index (χ2n) is 5.82. The third-order valence-corrected chi connectivity index (χ3v) is 3.60. The maximum Gasteiger partial charge on any atom is 1.00 e. The van der Waals surface area contributed by atoms with Gasteiger partial charge in [-0.2, -0.15) is 0 Å². The van der Waals surface area contributed by atoms with Crippen LogP contribution in [0.4, 0.5) is 4.79 Å². The van der Waals surface area contributed by atoms with Gasteiger partial charge >= 0.3 is 47.6 Å². The van der Waals surface area contributed by atoms with Gasteiger partial charge in [-0.25, -0.2) is 4.79 Å². The van der Waals surface area contributed by atoms with Crippen LogP contribution in [0.15, 0.2) is 24.3 Å². The Balaban J connectivity index is 0. The summed E-state index contributed by atoms with van der Waals surface area (Å²) in [4.78, 5) is 35.0. The van der Waals surface area contributed by atoms with Crippen LogP contribution >= 0.6 is 11.6 Å². The van der Waals surface area contributed by atoms with Crippen molar-refractivity contribution in [1.82, 2.24) is 5.32 Å². The minimum absolute atomic E-state index is 0. The van der Waals surface area contributed by atoms with Crippen LogP contribution < -0.4 is 39.6 Å². The van der Waals surface area contributed by atoms with Gasteiger partial charge in [0.05, 0.1) is 0 Å². The van der Waals surface area contributed by atoms with Gasteiger partial charge in [0, 0.05) is 30.8 Å². The first kappa shape index (κ1) is 26.7. The van der Waals surface area contributed by atoms with Crippen molar-refractivity contribution in [1.29, 1.82) is 0 Å². The first-order valence-electron chi connectivity index (χ1n) is 9.04. The molecule has 0 bridgehead atoms. The van der Waals surface area contributed by atoms with E-state index in [0.29, 0.717) is 36.5 Å². The van der Waals surface area contributed by atoms with Gasteiger partial charge < -0.3 is 21.0 Å². The van der Waals surface area contributed by atoms with Gasteiger partial charge in [-0.05, 0) is 43.5 Å². The Morgan fingerprint density at radius 1 is 1.04 bits per heavy atom. The summed E-state index contributed by atoms with van der Waals surface area (Å²) in [6.07, 6.45) is 0.997. The van der Waals surface area contributed by atoms with E-state index in [0.717, 1.165) is 0 Å². The number of amides is 1. The first-order chi connectivity index (χ1) is 12.9. The van der Waals surface area contributed by atoms with E-state index in [1.165, 1.54) is 0 Å². The van der Waals surface area contributed by atoms with E-state index in [2.05, 4.69) is 5.32 Å². The summed E-state index contributed by atoms with van der Waals surface area (Å²) in [5.41, 5.74) is 0. The SMILES string of the molecule is CCCC(=O)O[C@H](CCC)OC(=O)NCCCC(=O)Oc1ccc(Cl)cc1.[H-].[Na+]. The third kappa shape index (κ3) is 12.2. The number of carbonyl (C=O) groups is 3. The van der Waals surface area contributed by atoms with Crippen molar-refractivity contribution in [2.24, 2.45) is 0 Å². The predicted molar refractivity (Wildman–Crippen MR) is 102 cm³/mol. The fourth-order valence-corrected chi connectivity index (χ4v) is 2.18. The monoisotopic (exact) mass is 423 g/mol. The number of hydrogen-bond acceptors (Lipinski definition) is 6.